The number of nitrogens with two attached hydrogens (primary N) is 1. The first-order valence-corrected chi connectivity index (χ1v) is 7.01. The largest absolute Gasteiger partial charge is 0.392 e. The monoisotopic (exact) mass is 272 g/mol. The zero-order valence-corrected chi connectivity index (χ0v) is 12.3. The third kappa shape index (κ3) is 3.42. The molecular formula is C13H24N2O2S. The first kappa shape index (κ1) is 15.4. The molecule has 1 fully saturated rings. The van der Waals surface area contributed by atoms with Gasteiger partial charge in [0.25, 0.3) is 0 Å². The van der Waals surface area contributed by atoms with Crippen molar-refractivity contribution in [3.8, 4) is 0 Å². The van der Waals surface area contributed by atoms with Gasteiger partial charge in [-0.2, -0.15) is 0 Å². The fourth-order valence-electron chi connectivity index (χ4n) is 2.15. The quantitative estimate of drug-likeness (QED) is 0.747. The van der Waals surface area contributed by atoms with Gasteiger partial charge in [0.1, 0.15) is 0 Å². The maximum absolute atomic E-state index is 12.3. The standard InChI is InChI=1S/C13H24N2O2S/c1-4-13(3,11(14)18)12(16)15-9(2)10-5-7-17-8-6-10/h9-10H,4-8H2,1-3H3,(H2,14,18)(H,15,16). The van der Waals surface area contributed by atoms with Crippen molar-refractivity contribution in [1.29, 1.82) is 0 Å². The molecule has 0 aromatic rings. The van der Waals surface area contributed by atoms with E-state index < -0.39 is 5.41 Å². The molecule has 1 saturated heterocycles. The Labute approximate surface area is 115 Å². The molecule has 0 aromatic carbocycles. The molecule has 0 aliphatic carbocycles. The number of carbonyl (C=O) groups is 1. The minimum atomic E-state index is -0.741. The summed E-state index contributed by atoms with van der Waals surface area (Å²) in [6, 6.07) is 0.140. The number of hydrogen-bond donors (Lipinski definition) is 2. The third-order valence-corrected chi connectivity index (χ3v) is 4.53. The number of thiocarbonyl (C=S) groups is 1. The highest BCUT2D eigenvalue weighted by Crippen LogP contribution is 2.24. The first-order valence-electron chi connectivity index (χ1n) is 6.60. The number of hydrogen-bond acceptors (Lipinski definition) is 3. The van der Waals surface area contributed by atoms with Crippen LogP contribution < -0.4 is 11.1 Å². The third-order valence-electron chi connectivity index (χ3n) is 4.08. The molecule has 18 heavy (non-hydrogen) atoms. The van der Waals surface area contributed by atoms with Gasteiger partial charge in [-0.25, -0.2) is 0 Å². The lowest BCUT2D eigenvalue weighted by atomic mass is 9.85. The van der Waals surface area contributed by atoms with Crippen LogP contribution in [0.4, 0.5) is 0 Å². The molecule has 5 heteroatoms. The van der Waals surface area contributed by atoms with E-state index in [-0.39, 0.29) is 16.9 Å². The Kier molecular flexibility index (Phi) is 5.53. The summed E-state index contributed by atoms with van der Waals surface area (Å²) in [6.45, 7) is 7.35. The highest BCUT2D eigenvalue weighted by Gasteiger charge is 2.36. The average Bonchev–Trinajstić information content (AvgIpc) is 2.38. The zero-order valence-electron chi connectivity index (χ0n) is 11.5. The number of rotatable bonds is 5. The van der Waals surface area contributed by atoms with Crippen molar-refractivity contribution in [2.75, 3.05) is 13.2 Å². The number of amides is 1. The summed E-state index contributed by atoms with van der Waals surface area (Å²) in [6.07, 6.45) is 2.61. The lowest BCUT2D eigenvalue weighted by Gasteiger charge is -2.32. The van der Waals surface area contributed by atoms with E-state index in [1.807, 2.05) is 13.8 Å². The molecule has 0 saturated carbocycles. The van der Waals surface area contributed by atoms with E-state index in [4.69, 9.17) is 22.7 Å². The van der Waals surface area contributed by atoms with E-state index >= 15 is 0 Å². The van der Waals surface area contributed by atoms with Gasteiger partial charge in [-0.05, 0) is 39.0 Å². The van der Waals surface area contributed by atoms with Gasteiger partial charge < -0.3 is 15.8 Å². The van der Waals surface area contributed by atoms with E-state index in [2.05, 4.69) is 5.32 Å². The summed E-state index contributed by atoms with van der Waals surface area (Å²) in [5.41, 5.74) is 4.95. The van der Waals surface area contributed by atoms with E-state index in [0.29, 0.717) is 12.3 Å². The summed E-state index contributed by atoms with van der Waals surface area (Å²) in [4.78, 5) is 12.5. The minimum Gasteiger partial charge on any atom is -0.392 e. The van der Waals surface area contributed by atoms with Gasteiger partial charge in [0, 0.05) is 19.3 Å². The lowest BCUT2D eigenvalue weighted by Crippen LogP contribution is -2.51. The maximum Gasteiger partial charge on any atom is 0.232 e. The molecular weight excluding hydrogens is 248 g/mol. The number of carbonyl (C=O) groups excluding carboxylic acids is 1. The van der Waals surface area contributed by atoms with E-state index in [1.165, 1.54) is 0 Å². The van der Waals surface area contributed by atoms with Crippen LogP contribution >= 0.6 is 12.2 Å². The number of ether oxygens (including phenoxy) is 1. The Morgan fingerprint density at radius 1 is 1.56 bits per heavy atom. The summed E-state index contributed by atoms with van der Waals surface area (Å²) >= 11 is 5.01. The smallest absolute Gasteiger partial charge is 0.232 e. The first-order chi connectivity index (χ1) is 8.41. The van der Waals surface area contributed by atoms with Crippen LogP contribution in [0.3, 0.4) is 0 Å². The molecule has 104 valence electrons. The van der Waals surface area contributed by atoms with Crippen molar-refractivity contribution in [3.63, 3.8) is 0 Å². The molecule has 0 bridgehead atoms. The van der Waals surface area contributed by atoms with Crippen LogP contribution in [0, 0.1) is 11.3 Å². The molecule has 3 N–H and O–H groups in total. The Morgan fingerprint density at radius 2 is 2.11 bits per heavy atom. The summed E-state index contributed by atoms with van der Waals surface area (Å²) in [7, 11) is 0. The van der Waals surface area contributed by atoms with Gasteiger partial charge in [0.15, 0.2) is 0 Å². The predicted octanol–water partition coefficient (Wildman–Crippen LogP) is 1.62. The van der Waals surface area contributed by atoms with Gasteiger partial charge >= 0.3 is 0 Å². The van der Waals surface area contributed by atoms with Crippen LogP contribution in [-0.2, 0) is 9.53 Å². The molecule has 1 rings (SSSR count). The molecule has 1 amide bonds. The van der Waals surface area contributed by atoms with E-state index in [1.54, 1.807) is 6.92 Å². The molecule has 4 nitrogen and oxygen atoms in total. The normalized spacial score (nSPS) is 21.9. The van der Waals surface area contributed by atoms with Crippen molar-refractivity contribution in [2.45, 2.75) is 46.1 Å². The molecule has 1 aliphatic rings. The van der Waals surface area contributed by atoms with E-state index in [9.17, 15) is 4.79 Å². The Morgan fingerprint density at radius 3 is 2.56 bits per heavy atom. The van der Waals surface area contributed by atoms with E-state index in [0.717, 1.165) is 26.1 Å². The van der Waals surface area contributed by atoms with Crippen LogP contribution in [0.5, 0.6) is 0 Å². The summed E-state index contributed by atoms with van der Waals surface area (Å²) < 4.78 is 5.33. The Hall–Kier alpha value is -0.680. The fourth-order valence-corrected chi connectivity index (χ4v) is 2.38. The molecule has 2 unspecified atom stereocenters. The molecule has 0 radical (unpaired) electrons. The van der Waals surface area contributed by atoms with Crippen molar-refractivity contribution < 1.29 is 9.53 Å². The second kappa shape index (κ2) is 6.48. The van der Waals surface area contributed by atoms with Crippen molar-refractivity contribution in [1.82, 2.24) is 5.32 Å². The fraction of sp³-hybridized carbons (Fsp3) is 0.846. The second-order valence-electron chi connectivity index (χ2n) is 5.26. The van der Waals surface area contributed by atoms with Gasteiger partial charge in [-0.3, -0.25) is 4.79 Å². The highest BCUT2D eigenvalue weighted by atomic mass is 32.1. The van der Waals surface area contributed by atoms with Gasteiger partial charge in [-0.15, -0.1) is 0 Å². The van der Waals surface area contributed by atoms with Crippen molar-refractivity contribution in [2.24, 2.45) is 17.1 Å². The van der Waals surface area contributed by atoms with Crippen LogP contribution in [0.25, 0.3) is 0 Å². The lowest BCUT2D eigenvalue weighted by molar-refractivity contribution is -0.128. The second-order valence-corrected chi connectivity index (χ2v) is 5.70. The Bertz CT molecular complexity index is 316. The van der Waals surface area contributed by atoms with Gasteiger partial charge in [0.2, 0.25) is 5.91 Å². The van der Waals surface area contributed by atoms with Crippen molar-refractivity contribution >= 4 is 23.1 Å². The predicted molar refractivity (Wildman–Crippen MR) is 76.3 cm³/mol. The molecule has 1 aliphatic heterocycles. The topological polar surface area (TPSA) is 64.3 Å². The Balaban J connectivity index is 2.60. The van der Waals surface area contributed by atoms with Crippen molar-refractivity contribution in [3.05, 3.63) is 0 Å². The highest BCUT2D eigenvalue weighted by molar-refractivity contribution is 7.80. The van der Waals surface area contributed by atoms with Gasteiger partial charge in [0.05, 0.1) is 10.4 Å². The maximum atomic E-state index is 12.3. The van der Waals surface area contributed by atoms with Crippen LogP contribution in [-0.4, -0.2) is 30.2 Å². The van der Waals surface area contributed by atoms with Crippen LogP contribution in [0.1, 0.15) is 40.0 Å². The SMILES string of the molecule is CCC(C)(C(=O)NC(C)C1CCOCC1)C(N)=S. The van der Waals surface area contributed by atoms with Gasteiger partial charge in [-0.1, -0.05) is 19.1 Å². The van der Waals surface area contributed by atoms with Crippen LogP contribution in [0.2, 0.25) is 0 Å². The zero-order chi connectivity index (χ0) is 13.8. The molecule has 2 atom stereocenters. The summed E-state index contributed by atoms with van der Waals surface area (Å²) in [5.74, 6) is 0.423. The minimum absolute atomic E-state index is 0.0588. The summed E-state index contributed by atoms with van der Waals surface area (Å²) in [5, 5.41) is 3.06. The average molecular weight is 272 g/mol. The molecule has 0 spiro atoms. The number of nitrogens with one attached hydrogen (secondary N) is 1. The van der Waals surface area contributed by atoms with Crippen LogP contribution in [0.15, 0.2) is 0 Å². The molecule has 1 heterocycles. The molecule has 0 aromatic heterocycles.